The van der Waals surface area contributed by atoms with Crippen molar-refractivity contribution >= 4 is 26.8 Å². The summed E-state index contributed by atoms with van der Waals surface area (Å²) in [7, 11) is -4.05. The SMILES string of the molecule is N#Cc1ccc2c(c1)CN(C(=O)C(CCn1cccc1C#N)NS(=O)(=O)c1cccc3[nH]ccc13)CC2. The van der Waals surface area contributed by atoms with Gasteiger partial charge in [-0.1, -0.05) is 12.1 Å². The fourth-order valence-corrected chi connectivity index (χ4v) is 6.23. The Bertz CT molecular complexity index is 1670. The Labute approximate surface area is 214 Å². The molecule has 5 rings (SSSR count). The van der Waals surface area contributed by atoms with E-state index in [-0.39, 0.29) is 23.8 Å². The lowest BCUT2D eigenvalue weighted by Crippen LogP contribution is -2.50. The Morgan fingerprint density at radius 3 is 2.76 bits per heavy atom. The Hall–Kier alpha value is -4.38. The number of hydrogen-bond acceptors (Lipinski definition) is 5. The number of aromatic amines is 1. The van der Waals surface area contributed by atoms with Crippen molar-refractivity contribution in [2.75, 3.05) is 6.54 Å². The minimum absolute atomic E-state index is 0.0883. The fourth-order valence-electron chi connectivity index (χ4n) is 4.79. The van der Waals surface area contributed by atoms with Crippen molar-refractivity contribution in [2.24, 2.45) is 0 Å². The number of aromatic nitrogens is 2. The van der Waals surface area contributed by atoms with Gasteiger partial charge in [-0.15, -0.1) is 0 Å². The van der Waals surface area contributed by atoms with E-state index in [1.807, 2.05) is 6.07 Å². The number of aryl methyl sites for hydroxylation is 1. The van der Waals surface area contributed by atoms with Gasteiger partial charge in [-0.2, -0.15) is 15.2 Å². The zero-order valence-corrected chi connectivity index (χ0v) is 20.7. The summed E-state index contributed by atoms with van der Waals surface area (Å²) >= 11 is 0. The molecule has 3 heterocycles. The van der Waals surface area contributed by atoms with Crippen molar-refractivity contribution in [3.63, 3.8) is 0 Å². The molecule has 37 heavy (non-hydrogen) atoms. The Kier molecular flexibility index (Phi) is 6.53. The Morgan fingerprint density at radius 1 is 1.08 bits per heavy atom. The predicted octanol–water partition coefficient (Wildman–Crippen LogP) is 3.03. The quantitative estimate of drug-likeness (QED) is 0.392. The highest BCUT2D eigenvalue weighted by molar-refractivity contribution is 7.89. The van der Waals surface area contributed by atoms with Crippen molar-refractivity contribution in [3.8, 4) is 12.1 Å². The van der Waals surface area contributed by atoms with Crippen LogP contribution >= 0.6 is 0 Å². The molecule has 1 unspecified atom stereocenters. The van der Waals surface area contributed by atoms with Gasteiger partial charge in [-0.05, 0) is 66.4 Å². The van der Waals surface area contributed by atoms with Crippen LogP contribution in [0.5, 0.6) is 0 Å². The number of sulfonamides is 1. The molecule has 2 aromatic heterocycles. The first kappa shape index (κ1) is 24.3. The molecule has 0 saturated heterocycles. The topological polar surface area (TPSA) is 135 Å². The minimum atomic E-state index is -4.05. The van der Waals surface area contributed by atoms with Gasteiger partial charge in [0.1, 0.15) is 17.8 Å². The van der Waals surface area contributed by atoms with E-state index in [0.29, 0.717) is 41.7 Å². The largest absolute Gasteiger partial charge is 0.361 e. The van der Waals surface area contributed by atoms with E-state index in [1.165, 1.54) is 6.07 Å². The van der Waals surface area contributed by atoms with E-state index in [9.17, 15) is 23.7 Å². The lowest BCUT2D eigenvalue weighted by Gasteiger charge is -2.32. The van der Waals surface area contributed by atoms with Crippen molar-refractivity contribution in [1.29, 1.82) is 10.5 Å². The van der Waals surface area contributed by atoms with Gasteiger partial charge >= 0.3 is 0 Å². The lowest BCUT2D eigenvalue weighted by molar-refractivity contribution is -0.134. The second kappa shape index (κ2) is 9.94. The molecular weight excluding hydrogens is 488 g/mol. The average Bonchev–Trinajstić information content (AvgIpc) is 3.59. The zero-order valence-electron chi connectivity index (χ0n) is 19.9. The van der Waals surface area contributed by atoms with Crippen LogP contribution in [0.25, 0.3) is 10.9 Å². The highest BCUT2D eigenvalue weighted by Crippen LogP contribution is 2.24. The van der Waals surface area contributed by atoms with Crippen molar-refractivity contribution < 1.29 is 13.2 Å². The minimum Gasteiger partial charge on any atom is -0.361 e. The van der Waals surface area contributed by atoms with Gasteiger partial charge in [0, 0.05) is 42.9 Å². The molecule has 0 aliphatic carbocycles. The van der Waals surface area contributed by atoms with Gasteiger partial charge in [0.05, 0.1) is 16.5 Å². The Balaban J connectivity index is 1.44. The van der Waals surface area contributed by atoms with Gasteiger partial charge in [-0.3, -0.25) is 4.79 Å². The molecule has 2 aromatic carbocycles. The van der Waals surface area contributed by atoms with Crippen LogP contribution in [0.1, 0.15) is 28.8 Å². The number of benzene rings is 2. The van der Waals surface area contributed by atoms with Crippen LogP contribution in [0, 0.1) is 22.7 Å². The lowest BCUT2D eigenvalue weighted by atomic mass is 9.97. The number of nitriles is 2. The highest BCUT2D eigenvalue weighted by Gasteiger charge is 2.32. The van der Waals surface area contributed by atoms with Gasteiger partial charge in [0.15, 0.2) is 0 Å². The molecule has 1 aliphatic heterocycles. The zero-order chi connectivity index (χ0) is 26.0. The first-order valence-corrected chi connectivity index (χ1v) is 13.3. The van der Waals surface area contributed by atoms with E-state index in [0.717, 1.165) is 11.1 Å². The molecule has 4 aromatic rings. The normalized spacial score (nSPS) is 14.1. The predicted molar refractivity (Wildman–Crippen MR) is 136 cm³/mol. The van der Waals surface area contributed by atoms with E-state index < -0.39 is 16.1 Å². The molecular formula is C27H24N6O3S. The van der Waals surface area contributed by atoms with Crippen molar-refractivity contribution in [1.82, 2.24) is 19.2 Å². The summed E-state index contributed by atoms with van der Waals surface area (Å²) in [5.74, 6) is -0.344. The summed E-state index contributed by atoms with van der Waals surface area (Å²) in [6.45, 7) is 1.02. The van der Waals surface area contributed by atoms with Crippen LogP contribution in [0.15, 0.2) is 71.9 Å². The average molecular weight is 513 g/mol. The standard InChI is InChI=1S/C27H24N6O3S/c28-16-19-6-7-20-9-13-33(18-21(20)15-19)27(34)25(10-14-32-12-2-3-22(32)17-29)31-37(35,36)26-5-1-4-24-23(26)8-11-30-24/h1-8,11-12,15,25,30-31H,9-10,13-14,18H2. The van der Waals surface area contributed by atoms with Crippen LogP contribution in [-0.2, 0) is 34.3 Å². The second-order valence-corrected chi connectivity index (χ2v) is 10.6. The van der Waals surface area contributed by atoms with Crippen molar-refractivity contribution in [2.45, 2.75) is 36.9 Å². The number of carbonyl (C=O) groups is 1. The number of fused-ring (bicyclic) bond motifs is 2. The molecule has 1 amide bonds. The van der Waals surface area contributed by atoms with Gasteiger partial charge < -0.3 is 14.5 Å². The maximum atomic E-state index is 13.8. The highest BCUT2D eigenvalue weighted by atomic mass is 32.2. The molecule has 186 valence electrons. The molecule has 1 aliphatic rings. The molecule has 2 N–H and O–H groups in total. The number of carbonyl (C=O) groups excluding carboxylic acids is 1. The number of amides is 1. The van der Waals surface area contributed by atoms with Crippen LogP contribution in [0.4, 0.5) is 0 Å². The van der Waals surface area contributed by atoms with E-state index in [1.54, 1.807) is 64.3 Å². The Morgan fingerprint density at radius 2 is 1.95 bits per heavy atom. The van der Waals surface area contributed by atoms with Crippen LogP contribution in [0.2, 0.25) is 0 Å². The van der Waals surface area contributed by atoms with Gasteiger partial charge in [0.2, 0.25) is 15.9 Å². The second-order valence-electron chi connectivity index (χ2n) is 8.96. The number of hydrogen-bond donors (Lipinski definition) is 2. The summed E-state index contributed by atoms with van der Waals surface area (Å²) < 4.78 is 31.4. The summed E-state index contributed by atoms with van der Waals surface area (Å²) in [5, 5.41) is 19.2. The number of rotatable bonds is 7. The molecule has 10 heteroatoms. The van der Waals surface area contributed by atoms with Crippen molar-refractivity contribution in [3.05, 3.63) is 89.4 Å². The first-order chi connectivity index (χ1) is 17.9. The molecule has 1 atom stereocenters. The maximum Gasteiger partial charge on any atom is 0.241 e. The third-order valence-corrected chi connectivity index (χ3v) is 8.23. The third kappa shape index (κ3) is 4.85. The summed E-state index contributed by atoms with van der Waals surface area (Å²) in [5.41, 5.74) is 3.58. The van der Waals surface area contributed by atoms with Crippen LogP contribution < -0.4 is 4.72 Å². The van der Waals surface area contributed by atoms with Gasteiger partial charge in [0.25, 0.3) is 0 Å². The number of nitrogens with zero attached hydrogens (tertiary/aromatic N) is 4. The van der Waals surface area contributed by atoms with E-state index in [4.69, 9.17) is 0 Å². The molecule has 0 spiro atoms. The molecule has 0 saturated carbocycles. The summed E-state index contributed by atoms with van der Waals surface area (Å²) in [6.07, 6.45) is 4.18. The fraction of sp³-hybridized carbons (Fsp3) is 0.222. The molecule has 0 bridgehead atoms. The molecule has 9 nitrogen and oxygen atoms in total. The van der Waals surface area contributed by atoms with Gasteiger partial charge in [-0.25, -0.2) is 8.42 Å². The number of nitrogens with one attached hydrogen (secondary N) is 2. The first-order valence-electron chi connectivity index (χ1n) is 11.8. The summed E-state index contributed by atoms with van der Waals surface area (Å²) in [6, 6.07) is 18.7. The van der Waals surface area contributed by atoms with E-state index >= 15 is 0 Å². The summed E-state index contributed by atoms with van der Waals surface area (Å²) in [4.78, 5) is 18.5. The smallest absolute Gasteiger partial charge is 0.241 e. The number of H-pyrrole nitrogens is 1. The van der Waals surface area contributed by atoms with E-state index in [2.05, 4.69) is 21.8 Å². The molecule has 0 radical (unpaired) electrons. The monoisotopic (exact) mass is 512 g/mol. The van der Waals surface area contributed by atoms with Crippen LogP contribution in [-0.4, -0.2) is 41.4 Å². The van der Waals surface area contributed by atoms with Crippen LogP contribution in [0.3, 0.4) is 0 Å². The molecule has 0 fully saturated rings. The maximum absolute atomic E-state index is 13.8. The third-order valence-electron chi connectivity index (χ3n) is 6.70.